The van der Waals surface area contributed by atoms with Crippen molar-refractivity contribution in [2.24, 2.45) is 0 Å². The number of anilines is 3. The topological polar surface area (TPSA) is 58.1 Å². The van der Waals surface area contributed by atoms with Gasteiger partial charge >= 0.3 is 0 Å². The van der Waals surface area contributed by atoms with Crippen LogP contribution in [0.2, 0.25) is 0 Å². The van der Waals surface area contributed by atoms with E-state index in [4.69, 9.17) is 0 Å². The van der Waals surface area contributed by atoms with Crippen molar-refractivity contribution in [3.05, 3.63) is 90.4 Å². The first-order chi connectivity index (χ1) is 14.3. The maximum absolute atomic E-state index is 12.9. The predicted molar refractivity (Wildman–Crippen MR) is 116 cm³/mol. The highest BCUT2D eigenvalue weighted by atomic mass is 16.1. The highest BCUT2D eigenvalue weighted by Gasteiger charge is 2.19. The SMILES string of the molecule is O=C(Nc1cccc2cccnc12)c1cncc(N2CCCc3ccccc32)c1. The summed E-state index contributed by atoms with van der Waals surface area (Å²) >= 11 is 0. The highest BCUT2D eigenvalue weighted by Crippen LogP contribution is 2.33. The van der Waals surface area contributed by atoms with Gasteiger partial charge in [-0.25, -0.2) is 0 Å². The number of para-hydroxylation sites is 2. The zero-order chi connectivity index (χ0) is 19.6. The van der Waals surface area contributed by atoms with E-state index < -0.39 is 0 Å². The van der Waals surface area contributed by atoms with Gasteiger partial charge < -0.3 is 10.2 Å². The van der Waals surface area contributed by atoms with E-state index in [2.05, 4.69) is 44.5 Å². The Balaban J connectivity index is 1.45. The second kappa shape index (κ2) is 7.36. The van der Waals surface area contributed by atoms with Crippen LogP contribution in [0.3, 0.4) is 0 Å². The number of carbonyl (C=O) groups excluding carboxylic acids is 1. The van der Waals surface area contributed by atoms with Crippen LogP contribution >= 0.6 is 0 Å². The average molecular weight is 380 g/mol. The third-order valence-corrected chi connectivity index (χ3v) is 5.29. The fraction of sp³-hybridized carbons (Fsp3) is 0.125. The quantitative estimate of drug-likeness (QED) is 0.545. The van der Waals surface area contributed by atoms with E-state index >= 15 is 0 Å². The molecule has 0 fully saturated rings. The number of hydrogen-bond acceptors (Lipinski definition) is 4. The second-order valence-electron chi connectivity index (χ2n) is 7.15. The van der Waals surface area contributed by atoms with E-state index in [0.29, 0.717) is 11.3 Å². The third-order valence-electron chi connectivity index (χ3n) is 5.29. The first kappa shape index (κ1) is 17.4. The van der Waals surface area contributed by atoms with Gasteiger partial charge in [-0.3, -0.25) is 14.8 Å². The van der Waals surface area contributed by atoms with Crippen molar-refractivity contribution >= 4 is 33.9 Å². The molecule has 0 saturated carbocycles. The number of amides is 1. The van der Waals surface area contributed by atoms with E-state index in [1.165, 1.54) is 11.3 Å². The van der Waals surface area contributed by atoms with Gasteiger partial charge in [-0.1, -0.05) is 36.4 Å². The highest BCUT2D eigenvalue weighted by molar-refractivity contribution is 6.08. The van der Waals surface area contributed by atoms with Crippen LogP contribution in [0, 0.1) is 0 Å². The van der Waals surface area contributed by atoms with Gasteiger partial charge in [0.1, 0.15) is 0 Å². The zero-order valence-electron chi connectivity index (χ0n) is 15.9. The number of fused-ring (bicyclic) bond motifs is 2. The molecule has 0 saturated heterocycles. The molecule has 0 spiro atoms. The minimum atomic E-state index is -0.192. The maximum atomic E-state index is 12.9. The van der Waals surface area contributed by atoms with E-state index in [0.717, 1.165) is 36.0 Å². The number of nitrogens with zero attached hydrogens (tertiary/aromatic N) is 3. The van der Waals surface area contributed by atoms with Gasteiger partial charge in [0.05, 0.1) is 28.7 Å². The number of aromatic nitrogens is 2. The van der Waals surface area contributed by atoms with Gasteiger partial charge in [0, 0.05) is 30.0 Å². The standard InChI is InChI=1S/C24H20N4O/c29-24(27-21-10-3-7-18-8-4-12-26-23(18)21)19-14-20(16-25-15-19)28-13-5-9-17-6-1-2-11-22(17)28/h1-4,6-8,10-12,14-16H,5,9,13H2,(H,27,29). The molecular formula is C24H20N4O. The normalized spacial score (nSPS) is 13.2. The Kier molecular flexibility index (Phi) is 4.41. The molecule has 1 aliphatic heterocycles. The number of aryl methyl sites for hydroxylation is 1. The summed E-state index contributed by atoms with van der Waals surface area (Å²) in [6, 6.07) is 20.0. The number of rotatable bonds is 3. The van der Waals surface area contributed by atoms with Crippen LogP contribution in [-0.2, 0) is 6.42 Å². The van der Waals surface area contributed by atoms with Crippen molar-refractivity contribution in [3.8, 4) is 0 Å². The zero-order valence-corrected chi connectivity index (χ0v) is 15.9. The van der Waals surface area contributed by atoms with Crippen LogP contribution in [0.15, 0.2) is 79.3 Å². The van der Waals surface area contributed by atoms with Crippen LogP contribution in [-0.4, -0.2) is 22.4 Å². The molecule has 2 aromatic carbocycles. The van der Waals surface area contributed by atoms with Crippen molar-refractivity contribution in [2.75, 3.05) is 16.8 Å². The van der Waals surface area contributed by atoms with Crippen LogP contribution in [0.4, 0.5) is 17.1 Å². The van der Waals surface area contributed by atoms with Crippen molar-refractivity contribution in [1.29, 1.82) is 0 Å². The molecule has 5 nitrogen and oxygen atoms in total. The Morgan fingerprint density at radius 3 is 2.86 bits per heavy atom. The molecule has 0 bridgehead atoms. The number of pyridine rings is 2. The molecule has 0 radical (unpaired) electrons. The molecule has 4 aromatic rings. The van der Waals surface area contributed by atoms with Gasteiger partial charge in [-0.15, -0.1) is 0 Å². The molecule has 3 heterocycles. The minimum absolute atomic E-state index is 0.192. The lowest BCUT2D eigenvalue weighted by molar-refractivity contribution is 0.102. The molecule has 1 aliphatic rings. The lowest BCUT2D eigenvalue weighted by Gasteiger charge is -2.31. The first-order valence-corrected chi connectivity index (χ1v) is 9.75. The summed E-state index contributed by atoms with van der Waals surface area (Å²) in [5.74, 6) is -0.192. The molecule has 1 amide bonds. The number of carbonyl (C=O) groups is 1. The molecular weight excluding hydrogens is 360 g/mol. The molecule has 2 aromatic heterocycles. The van der Waals surface area contributed by atoms with Gasteiger partial charge in [0.2, 0.25) is 0 Å². The molecule has 0 atom stereocenters. The van der Waals surface area contributed by atoms with E-state index in [1.807, 2.05) is 42.6 Å². The summed E-state index contributed by atoms with van der Waals surface area (Å²) in [4.78, 5) is 23.9. The summed E-state index contributed by atoms with van der Waals surface area (Å²) in [6.07, 6.45) is 7.31. The summed E-state index contributed by atoms with van der Waals surface area (Å²) in [5.41, 5.74) is 5.45. The molecule has 0 unspecified atom stereocenters. The minimum Gasteiger partial charge on any atom is -0.340 e. The van der Waals surface area contributed by atoms with Crippen molar-refractivity contribution in [3.63, 3.8) is 0 Å². The van der Waals surface area contributed by atoms with Crippen molar-refractivity contribution in [2.45, 2.75) is 12.8 Å². The molecule has 142 valence electrons. The van der Waals surface area contributed by atoms with Crippen LogP contribution in [0.25, 0.3) is 10.9 Å². The van der Waals surface area contributed by atoms with Crippen LogP contribution in [0.5, 0.6) is 0 Å². The van der Waals surface area contributed by atoms with Crippen molar-refractivity contribution < 1.29 is 4.79 Å². The molecule has 1 N–H and O–H groups in total. The molecule has 0 aliphatic carbocycles. The summed E-state index contributed by atoms with van der Waals surface area (Å²) in [5, 5.41) is 3.98. The Bertz CT molecular complexity index is 1200. The van der Waals surface area contributed by atoms with Crippen LogP contribution < -0.4 is 10.2 Å². The van der Waals surface area contributed by atoms with Gasteiger partial charge in [0.25, 0.3) is 5.91 Å². The fourth-order valence-corrected chi connectivity index (χ4v) is 3.90. The predicted octanol–water partition coefficient (Wildman–Crippen LogP) is 4.97. The molecule has 29 heavy (non-hydrogen) atoms. The maximum Gasteiger partial charge on any atom is 0.257 e. The number of benzene rings is 2. The van der Waals surface area contributed by atoms with Gasteiger partial charge in [-0.2, -0.15) is 0 Å². The lowest BCUT2D eigenvalue weighted by atomic mass is 10.0. The Morgan fingerprint density at radius 1 is 1.00 bits per heavy atom. The van der Waals surface area contributed by atoms with E-state index in [-0.39, 0.29) is 5.91 Å². The van der Waals surface area contributed by atoms with E-state index in [1.54, 1.807) is 12.4 Å². The van der Waals surface area contributed by atoms with Gasteiger partial charge in [-0.05, 0) is 42.7 Å². The lowest BCUT2D eigenvalue weighted by Crippen LogP contribution is -2.25. The number of hydrogen-bond donors (Lipinski definition) is 1. The Morgan fingerprint density at radius 2 is 1.90 bits per heavy atom. The largest absolute Gasteiger partial charge is 0.340 e. The average Bonchev–Trinajstić information content (AvgIpc) is 2.79. The third kappa shape index (κ3) is 3.31. The Labute approximate surface area is 169 Å². The molecule has 5 heteroatoms. The van der Waals surface area contributed by atoms with Crippen LogP contribution in [0.1, 0.15) is 22.3 Å². The first-order valence-electron chi connectivity index (χ1n) is 9.75. The molecule has 5 rings (SSSR count). The summed E-state index contributed by atoms with van der Waals surface area (Å²) in [6.45, 7) is 0.914. The smallest absolute Gasteiger partial charge is 0.257 e. The monoisotopic (exact) mass is 380 g/mol. The van der Waals surface area contributed by atoms with E-state index in [9.17, 15) is 4.79 Å². The Hall–Kier alpha value is -3.73. The second-order valence-corrected chi connectivity index (χ2v) is 7.15. The summed E-state index contributed by atoms with van der Waals surface area (Å²) < 4.78 is 0. The van der Waals surface area contributed by atoms with Gasteiger partial charge in [0.15, 0.2) is 0 Å². The number of nitrogens with one attached hydrogen (secondary N) is 1. The summed E-state index contributed by atoms with van der Waals surface area (Å²) in [7, 11) is 0. The fourth-order valence-electron chi connectivity index (χ4n) is 3.90. The van der Waals surface area contributed by atoms with Crippen molar-refractivity contribution in [1.82, 2.24) is 9.97 Å².